The van der Waals surface area contributed by atoms with E-state index in [2.05, 4.69) is 10.2 Å². The number of carbonyl (C=O) groups excluding carboxylic acids is 1. The molecule has 1 aliphatic rings. The van der Waals surface area contributed by atoms with Crippen molar-refractivity contribution in [2.75, 3.05) is 39.4 Å². The normalized spacial score (nSPS) is 17.5. The Labute approximate surface area is 149 Å². The van der Waals surface area contributed by atoms with Crippen LogP contribution >= 0.6 is 24.8 Å². The molecular weight excluding hydrogens is 341 g/mol. The second-order valence-electron chi connectivity index (χ2n) is 5.49. The van der Waals surface area contributed by atoms with Crippen molar-refractivity contribution in [3.8, 4) is 0 Å². The van der Waals surface area contributed by atoms with Gasteiger partial charge < -0.3 is 20.2 Å². The van der Waals surface area contributed by atoms with Crippen molar-refractivity contribution in [3.05, 3.63) is 23.7 Å². The van der Waals surface area contributed by atoms with Crippen molar-refractivity contribution < 1.29 is 13.9 Å². The van der Waals surface area contributed by atoms with E-state index in [0.717, 1.165) is 24.6 Å². The summed E-state index contributed by atoms with van der Waals surface area (Å²) in [5, 5.41) is 2.98. The molecule has 1 aromatic rings. The summed E-state index contributed by atoms with van der Waals surface area (Å²) in [5.41, 5.74) is 5.53. The number of nitrogens with zero attached hydrogens (tertiary/aromatic N) is 1. The first-order valence-electron chi connectivity index (χ1n) is 7.47. The summed E-state index contributed by atoms with van der Waals surface area (Å²) >= 11 is 0. The summed E-state index contributed by atoms with van der Waals surface area (Å²) in [6, 6.07) is 3.97. The van der Waals surface area contributed by atoms with Crippen molar-refractivity contribution in [2.24, 2.45) is 11.7 Å². The molecule has 0 saturated carbocycles. The first-order valence-corrected chi connectivity index (χ1v) is 7.47. The van der Waals surface area contributed by atoms with E-state index in [1.165, 1.54) is 0 Å². The molecular formula is C15H27Cl2N3O3. The van der Waals surface area contributed by atoms with Crippen LogP contribution in [0.25, 0.3) is 0 Å². The van der Waals surface area contributed by atoms with Crippen molar-refractivity contribution in [2.45, 2.75) is 19.9 Å². The van der Waals surface area contributed by atoms with Gasteiger partial charge in [0.25, 0.3) is 0 Å². The smallest absolute Gasteiger partial charge is 0.224 e. The number of ether oxygens (including phenoxy) is 1. The van der Waals surface area contributed by atoms with Gasteiger partial charge in [0.2, 0.25) is 5.91 Å². The van der Waals surface area contributed by atoms with Crippen LogP contribution < -0.4 is 11.1 Å². The second kappa shape index (κ2) is 10.9. The maximum Gasteiger partial charge on any atom is 0.224 e. The van der Waals surface area contributed by atoms with Gasteiger partial charge in [0.1, 0.15) is 11.5 Å². The van der Waals surface area contributed by atoms with Crippen LogP contribution in [0.15, 0.2) is 16.5 Å². The molecule has 23 heavy (non-hydrogen) atoms. The van der Waals surface area contributed by atoms with E-state index in [1.54, 1.807) is 0 Å². The van der Waals surface area contributed by atoms with Crippen molar-refractivity contribution in [1.29, 1.82) is 0 Å². The molecule has 1 amide bonds. The number of morpholine rings is 1. The summed E-state index contributed by atoms with van der Waals surface area (Å²) in [6.45, 7) is 7.74. The molecule has 1 aromatic heterocycles. The van der Waals surface area contributed by atoms with E-state index in [1.807, 2.05) is 26.0 Å². The molecule has 0 aromatic carbocycles. The number of hydrogen-bond acceptors (Lipinski definition) is 5. The van der Waals surface area contributed by atoms with Crippen LogP contribution in [-0.2, 0) is 9.53 Å². The summed E-state index contributed by atoms with van der Waals surface area (Å²) in [4.78, 5) is 14.2. The molecule has 8 heteroatoms. The standard InChI is InChI=1S/C15H25N3O3.2ClH/c1-11(9-16)15(19)17-10-13(14-4-3-12(2)21-14)18-5-7-20-8-6-18;;/h3-4,11,13H,5-10,16H2,1-2H3,(H,17,19);2*1H. The van der Waals surface area contributed by atoms with Gasteiger partial charge in [-0.05, 0) is 19.1 Å². The van der Waals surface area contributed by atoms with Crippen molar-refractivity contribution >= 4 is 30.7 Å². The third-order valence-electron chi connectivity index (χ3n) is 3.85. The van der Waals surface area contributed by atoms with Crippen LogP contribution in [0, 0.1) is 12.8 Å². The molecule has 1 saturated heterocycles. The zero-order chi connectivity index (χ0) is 15.2. The quantitative estimate of drug-likeness (QED) is 0.796. The van der Waals surface area contributed by atoms with Gasteiger partial charge in [-0.25, -0.2) is 0 Å². The number of nitrogens with one attached hydrogen (secondary N) is 1. The minimum Gasteiger partial charge on any atom is -0.465 e. The van der Waals surface area contributed by atoms with E-state index in [0.29, 0.717) is 26.3 Å². The maximum absolute atomic E-state index is 11.9. The number of furan rings is 1. The highest BCUT2D eigenvalue weighted by molar-refractivity contribution is 5.85. The Morgan fingerprint density at radius 2 is 2.00 bits per heavy atom. The average molecular weight is 368 g/mol. The zero-order valence-electron chi connectivity index (χ0n) is 13.6. The molecule has 2 rings (SSSR count). The highest BCUT2D eigenvalue weighted by Gasteiger charge is 2.26. The Kier molecular flexibility index (Phi) is 10.5. The highest BCUT2D eigenvalue weighted by atomic mass is 35.5. The SMILES string of the molecule is Cc1ccc(C(CNC(=O)C(C)CN)N2CCOCC2)o1.Cl.Cl. The second-order valence-corrected chi connectivity index (χ2v) is 5.49. The number of hydrogen-bond donors (Lipinski definition) is 2. The molecule has 1 fully saturated rings. The Morgan fingerprint density at radius 1 is 1.35 bits per heavy atom. The molecule has 2 heterocycles. The fourth-order valence-corrected chi connectivity index (χ4v) is 2.41. The Balaban J connectivity index is 0.00000242. The summed E-state index contributed by atoms with van der Waals surface area (Å²) < 4.78 is 11.2. The van der Waals surface area contributed by atoms with Crippen molar-refractivity contribution in [3.63, 3.8) is 0 Å². The molecule has 0 spiro atoms. The zero-order valence-corrected chi connectivity index (χ0v) is 15.3. The fraction of sp³-hybridized carbons (Fsp3) is 0.667. The molecule has 6 nitrogen and oxygen atoms in total. The van der Waals surface area contributed by atoms with Crippen LogP contribution in [0.4, 0.5) is 0 Å². The third kappa shape index (κ3) is 6.31. The first-order chi connectivity index (χ1) is 10.1. The maximum atomic E-state index is 11.9. The fourth-order valence-electron chi connectivity index (χ4n) is 2.41. The van der Waals surface area contributed by atoms with E-state index < -0.39 is 0 Å². The summed E-state index contributed by atoms with van der Waals surface area (Å²) in [5.74, 6) is 1.58. The predicted octanol–water partition coefficient (Wildman–Crippen LogP) is 1.52. The van der Waals surface area contributed by atoms with Gasteiger partial charge in [0.05, 0.1) is 19.3 Å². The minimum absolute atomic E-state index is 0. The van der Waals surface area contributed by atoms with Gasteiger partial charge in [-0.2, -0.15) is 0 Å². The van der Waals surface area contributed by atoms with Gasteiger partial charge >= 0.3 is 0 Å². The average Bonchev–Trinajstić information content (AvgIpc) is 2.93. The van der Waals surface area contributed by atoms with Gasteiger partial charge in [0, 0.05) is 32.1 Å². The lowest BCUT2D eigenvalue weighted by Gasteiger charge is -2.33. The Morgan fingerprint density at radius 3 is 2.52 bits per heavy atom. The first kappa shape index (κ1) is 22.2. The largest absolute Gasteiger partial charge is 0.465 e. The highest BCUT2D eigenvalue weighted by Crippen LogP contribution is 2.23. The molecule has 0 bridgehead atoms. The Bertz CT molecular complexity index is 465. The number of amides is 1. The minimum atomic E-state index is -0.173. The van der Waals surface area contributed by atoms with Crippen LogP contribution in [0.3, 0.4) is 0 Å². The monoisotopic (exact) mass is 367 g/mol. The van der Waals surface area contributed by atoms with Crippen LogP contribution in [-0.4, -0.2) is 50.2 Å². The van der Waals surface area contributed by atoms with E-state index in [-0.39, 0.29) is 42.7 Å². The molecule has 3 N–H and O–H groups in total. The van der Waals surface area contributed by atoms with Crippen LogP contribution in [0.5, 0.6) is 0 Å². The molecule has 134 valence electrons. The number of aryl methyl sites for hydroxylation is 1. The molecule has 2 atom stereocenters. The number of carbonyl (C=O) groups is 1. The van der Waals surface area contributed by atoms with Gasteiger partial charge in [-0.3, -0.25) is 9.69 Å². The third-order valence-corrected chi connectivity index (χ3v) is 3.85. The summed E-state index contributed by atoms with van der Waals surface area (Å²) in [6.07, 6.45) is 0. The number of halogens is 2. The van der Waals surface area contributed by atoms with Crippen LogP contribution in [0.2, 0.25) is 0 Å². The van der Waals surface area contributed by atoms with Gasteiger partial charge in [-0.15, -0.1) is 24.8 Å². The Hall–Kier alpha value is -0.790. The van der Waals surface area contributed by atoms with Gasteiger partial charge in [-0.1, -0.05) is 6.92 Å². The summed E-state index contributed by atoms with van der Waals surface area (Å²) in [7, 11) is 0. The molecule has 0 aliphatic carbocycles. The molecule has 0 radical (unpaired) electrons. The van der Waals surface area contributed by atoms with E-state index >= 15 is 0 Å². The lowest BCUT2D eigenvalue weighted by atomic mass is 10.1. The van der Waals surface area contributed by atoms with Crippen molar-refractivity contribution in [1.82, 2.24) is 10.2 Å². The van der Waals surface area contributed by atoms with E-state index in [9.17, 15) is 4.79 Å². The lowest BCUT2D eigenvalue weighted by molar-refractivity contribution is -0.124. The molecule has 2 unspecified atom stereocenters. The van der Waals surface area contributed by atoms with Gasteiger partial charge in [0.15, 0.2) is 0 Å². The lowest BCUT2D eigenvalue weighted by Crippen LogP contribution is -2.45. The van der Waals surface area contributed by atoms with E-state index in [4.69, 9.17) is 14.9 Å². The number of rotatable bonds is 6. The molecule has 1 aliphatic heterocycles. The number of nitrogens with two attached hydrogens (primary N) is 1. The van der Waals surface area contributed by atoms with Crippen LogP contribution in [0.1, 0.15) is 24.5 Å². The topological polar surface area (TPSA) is 80.7 Å². The predicted molar refractivity (Wildman–Crippen MR) is 94.3 cm³/mol.